The van der Waals surface area contributed by atoms with Gasteiger partial charge in [-0.25, -0.2) is 4.57 Å². The lowest BCUT2D eigenvalue weighted by Crippen LogP contribution is -2.20. The van der Waals surface area contributed by atoms with Crippen LogP contribution in [0.3, 0.4) is 0 Å². The summed E-state index contributed by atoms with van der Waals surface area (Å²) in [7, 11) is -3.75. The molecule has 0 saturated heterocycles. The molecular weight excluding hydrogens is 489 g/mol. The first-order valence-electron chi connectivity index (χ1n) is 15.7. The average Bonchev–Trinajstić information content (AvgIpc) is 2.82. The Balaban J connectivity index is 2.37. The van der Waals surface area contributed by atoms with E-state index in [0.29, 0.717) is 5.75 Å². The third kappa shape index (κ3) is 14.5. The maximum absolute atomic E-state index is 13.1. The molecule has 0 aromatic heterocycles. The third-order valence-corrected chi connectivity index (χ3v) is 8.94. The van der Waals surface area contributed by atoms with Gasteiger partial charge in [0.1, 0.15) is 5.75 Å². The molecular formula is C33H62NO3P. The van der Waals surface area contributed by atoms with Crippen LogP contribution in [0, 0.1) is 0 Å². The molecule has 0 radical (unpaired) electrons. The van der Waals surface area contributed by atoms with Crippen molar-refractivity contribution >= 4 is 7.60 Å². The molecule has 0 fully saturated rings. The zero-order valence-electron chi connectivity index (χ0n) is 26.2. The Kier molecular flexibility index (Phi) is 16.5. The van der Waals surface area contributed by atoms with Gasteiger partial charge in [-0.1, -0.05) is 157 Å². The monoisotopic (exact) mass is 551 g/mol. The molecule has 0 aliphatic carbocycles. The number of unbranched alkanes of at least 4 members (excludes halogenated alkanes) is 15. The Morgan fingerprint density at radius 2 is 1.13 bits per heavy atom. The largest absolute Gasteiger partial charge is 0.424 e. The van der Waals surface area contributed by atoms with Crippen LogP contribution in [-0.4, -0.2) is 11.1 Å². The van der Waals surface area contributed by atoms with Gasteiger partial charge >= 0.3 is 7.60 Å². The first-order chi connectivity index (χ1) is 17.8. The third-order valence-electron chi connectivity index (χ3n) is 7.59. The van der Waals surface area contributed by atoms with Gasteiger partial charge in [-0.3, -0.25) is 0 Å². The van der Waals surface area contributed by atoms with Gasteiger partial charge in [0.05, 0.1) is 6.16 Å². The van der Waals surface area contributed by atoms with E-state index in [4.69, 9.17) is 10.3 Å². The fraction of sp³-hybridized carbons (Fsp3) is 0.818. The van der Waals surface area contributed by atoms with E-state index >= 15 is 0 Å². The van der Waals surface area contributed by atoms with Gasteiger partial charge in [0.25, 0.3) is 0 Å². The van der Waals surface area contributed by atoms with Crippen LogP contribution in [0.2, 0.25) is 0 Å². The molecule has 0 spiro atoms. The van der Waals surface area contributed by atoms with Crippen LogP contribution >= 0.6 is 7.60 Å². The molecule has 1 unspecified atom stereocenters. The maximum atomic E-state index is 13.1. The van der Waals surface area contributed by atoms with Crippen molar-refractivity contribution in [2.45, 2.75) is 169 Å². The molecule has 0 aliphatic rings. The van der Waals surface area contributed by atoms with E-state index in [1.165, 1.54) is 89.0 Å². The molecule has 222 valence electrons. The van der Waals surface area contributed by atoms with Crippen molar-refractivity contribution in [1.29, 1.82) is 0 Å². The summed E-state index contributed by atoms with van der Waals surface area (Å²) in [5.41, 5.74) is 8.74. The van der Waals surface area contributed by atoms with Gasteiger partial charge in [-0.2, -0.15) is 0 Å². The Morgan fingerprint density at radius 3 is 1.50 bits per heavy atom. The number of nitrogens with two attached hydrogens (primary N) is 1. The molecule has 5 heteroatoms. The summed E-state index contributed by atoms with van der Waals surface area (Å²) in [5.74, 6) is 0.510. The standard InChI is InChI=1S/C33H62NO3P/c1-8-9-10-11-12-13-14-15-16-17-18-19-20-21-22-23-24-38(35,36)37-31-28(27-34)25-29(32(2,3)4)26-30(31)33(5,6)7/h25-26H,8-24,27,34H2,1-7H3,(H,35,36). The second-order valence-corrected chi connectivity index (χ2v) is 15.4. The molecule has 1 aromatic carbocycles. The normalized spacial score (nSPS) is 14.0. The van der Waals surface area contributed by atoms with Crippen molar-refractivity contribution in [1.82, 2.24) is 0 Å². The SMILES string of the molecule is CCCCCCCCCCCCCCCCCCP(=O)(O)Oc1c(CN)cc(C(C)(C)C)cc1C(C)(C)C. The quantitative estimate of drug-likeness (QED) is 0.125. The predicted molar refractivity (Wildman–Crippen MR) is 167 cm³/mol. The minimum atomic E-state index is -3.75. The zero-order valence-corrected chi connectivity index (χ0v) is 27.1. The predicted octanol–water partition coefficient (Wildman–Crippen LogP) is 10.6. The maximum Gasteiger partial charge on any atom is 0.376 e. The van der Waals surface area contributed by atoms with Gasteiger partial charge in [-0.05, 0) is 22.8 Å². The molecule has 4 nitrogen and oxygen atoms in total. The van der Waals surface area contributed by atoms with Gasteiger partial charge in [0.2, 0.25) is 0 Å². The van der Waals surface area contributed by atoms with E-state index in [-0.39, 0.29) is 23.5 Å². The zero-order chi connectivity index (χ0) is 28.7. The van der Waals surface area contributed by atoms with Crippen molar-refractivity contribution in [3.63, 3.8) is 0 Å². The topological polar surface area (TPSA) is 72.5 Å². The summed E-state index contributed by atoms with van der Waals surface area (Å²) >= 11 is 0. The average molecular weight is 552 g/mol. The highest BCUT2D eigenvalue weighted by Crippen LogP contribution is 2.49. The van der Waals surface area contributed by atoms with Gasteiger partial charge in [0.15, 0.2) is 0 Å². The second kappa shape index (κ2) is 17.8. The van der Waals surface area contributed by atoms with Crippen LogP contribution in [0.5, 0.6) is 5.75 Å². The van der Waals surface area contributed by atoms with Crippen LogP contribution < -0.4 is 10.3 Å². The number of benzene rings is 1. The Hall–Kier alpha value is -0.830. The van der Waals surface area contributed by atoms with Crippen molar-refractivity contribution in [3.8, 4) is 5.75 Å². The number of hydrogen-bond acceptors (Lipinski definition) is 3. The lowest BCUT2D eigenvalue weighted by Gasteiger charge is -2.30. The summed E-state index contributed by atoms with van der Waals surface area (Å²) in [6, 6.07) is 4.17. The van der Waals surface area contributed by atoms with Crippen molar-refractivity contribution in [2.75, 3.05) is 6.16 Å². The highest BCUT2D eigenvalue weighted by atomic mass is 31.2. The Morgan fingerprint density at radius 1 is 0.711 bits per heavy atom. The smallest absolute Gasteiger partial charge is 0.376 e. The molecule has 0 heterocycles. The minimum Gasteiger partial charge on any atom is -0.424 e. The van der Waals surface area contributed by atoms with Crippen LogP contribution in [-0.2, 0) is 21.9 Å². The van der Waals surface area contributed by atoms with E-state index in [2.05, 4.69) is 54.5 Å². The van der Waals surface area contributed by atoms with E-state index < -0.39 is 7.60 Å². The Labute approximate surface area is 236 Å². The van der Waals surface area contributed by atoms with Crippen molar-refractivity contribution in [2.24, 2.45) is 5.73 Å². The van der Waals surface area contributed by atoms with Gasteiger partial charge in [-0.15, -0.1) is 0 Å². The molecule has 0 aliphatic heterocycles. The molecule has 0 saturated carbocycles. The minimum absolute atomic E-state index is 0.0427. The van der Waals surface area contributed by atoms with E-state index in [1.807, 2.05) is 6.07 Å². The summed E-state index contributed by atoms with van der Waals surface area (Å²) in [6.07, 6.45) is 20.7. The van der Waals surface area contributed by atoms with Crippen molar-refractivity contribution < 1.29 is 14.0 Å². The number of rotatable bonds is 20. The first kappa shape index (κ1) is 35.2. The summed E-state index contributed by atoms with van der Waals surface area (Å²) in [5, 5.41) is 0. The number of hydrogen-bond donors (Lipinski definition) is 2. The first-order valence-corrected chi connectivity index (χ1v) is 17.5. The van der Waals surface area contributed by atoms with E-state index in [1.54, 1.807) is 0 Å². The molecule has 1 aromatic rings. The summed E-state index contributed by atoms with van der Waals surface area (Å²) in [4.78, 5) is 10.7. The molecule has 0 amide bonds. The van der Waals surface area contributed by atoms with E-state index in [0.717, 1.165) is 30.4 Å². The lowest BCUT2D eigenvalue weighted by atomic mass is 9.79. The summed E-state index contributed by atoms with van der Waals surface area (Å²) < 4.78 is 19.0. The van der Waals surface area contributed by atoms with E-state index in [9.17, 15) is 9.46 Å². The molecule has 38 heavy (non-hydrogen) atoms. The van der Waals surface area contributed by atoms with Crippen LogP contribution in [0.15, 0.2) is 12.1 Å². The second-order valence-electron chi connectivity index (χ2n) is 13.5. The highest BCUT2D eigenvalue weighted by molar-refractivity contribution is 7.53. The summed E-state index contributed by atoms with van der Waals surface area (Å²) in [6.45, 7) is 15.4. The molecule has 3 N–H and O–H groups in total. The lowest BCUT2D eigenvalue weighted by molar-refractivity contribution is 0.370. The fourth-order valence-electron chi connectivity index (χ4n) is 4.99. The van der Waals surface area contributed by atoms with Gasteiger partial charge < -0.3 is 15.2 Å². The molecule has 0 bridgehead atoms. The van der Waals surface area contributed by atoms with Crippen molar-refractivity contribution in [3.05, 3.63) is 28.8 Å². The fourth-order valence-corrected chi connectivity index (χ4v) is 6.20. The molecule has 1 atom stereocenters. The van der Waals surface area contributed by atoms with Gasteiger partial charge in [0, 0.05) is 17.7 Å². The highest BCUT2D eigenvalue weighted by Gasteiger charge is 2.30. The van der Waals surface area contributed by atoms with Crippen LogP contribution in [0.1, 0.15) is 168 Å². The molecule has 1 rings (SSSR count). The Bertz CT molecular complexity index is 823. The van der Waals surface area contributed by atoms with Crippen LogP contribution in [0.4, 0.5) is 0 Å². The van der Waals surface area contributed by atoms with Crippen LogP contribution in [0.25, 0.3) is 0 Å².